The van der Waals surface area contributed by atoms with Crippen molar-refractivity contribution in [2.75, 3.05) is 18.1 Å². The number of anilines is 1. The number of pyridine rings is 1. The molecule has 1 aliphatic carbocycles. The van der Waals surface area contributed by atoms with Gasteiger partial charge in [-0.2, -0.15) is 0 Å². The number of hydrogen-bond acceptors (Lipinski definition) is 4. The molecule has 1 saturated carbocycles. The highest BCUT2D eigenvalue weighted by Crippen LogP contribution is 2.28. The van der Waals surface area contributed by atoms with E-state index in [2.05, 4.69) is 16.0 Å². The Kier molecular flexibility index (Phi) is 4.96. The predicted molar refractivity (Wildman–Crippen MR) is 73.4 cm³/mol. The van der Waals surface area contributed by atoms with Gasteiger partial charge in [0, 0.05) is 25.3 Å². The smallest absolute Gasteiger partial charge is 0.0772 e. The van der Waals surface area contributed by atoms with E-state index in [9.17, 15) is 5.11 Å². The molecule has 0 aliphatic heterocycles. The zero-order valence-corrected chi connectivity index (χ0v) is 10.9. The predicted octanol–water partition coefficient (Wildman–Crippen LogP) is 1.67. The summed E-state index contributed by atoms with van der Waals surface area (Å²) >= 11 is 0. The number of aromatic nitrogens is 1. The lowest BCUT2D eigenvalue weighted by Crippen LogP contribution is -2.39. The van der Waals surface area contributed by atoms with Crippen molar-refractivity contribution in [2.45, 2.75) is 44.7 Å². The summed E-state index contributed by atoms with van der Waals surface area (Å²) in [5.74, 6) is 0. The van der Waals surface area contributed by atoms with E-state index in [0.29, 0.717) is 19.1 Å². The van der Waals surface area contributed by atoms with Crippen molar-refractivity contribution in [1.82, 2.24) is 4.98 Å². The van der Waals surface area contributed by atoms with Gasteiger partial charge in [0.25, 0.3) is 0 Å². The van der Waals surface area contributed by atoms with Gasteiger partial charge in [-0.1, -0.05) is 19.3 Å². The molecule has 100 valence electrons. The second kappa shape index (κ2) is 6.71. The molecule has 0 aromatic carbocycles. The first-order valence-corrected chi connectivity index (χ1v) is 6.88. The van der Waals surface area contributed by atoms with E-state index in [1.54, 1.807) is 6.20 Å². The van der Waals surface area contributed by atoms with E-state index in [0.717, 1.165) is 11.4 Å². The van der Waals surface area contributed by atoms with Gasteiger partial charge in [-0.05, 0) is 25.0 Å². The molecule has 1 fully saturated rings. The third-order valence-corrected chi connectivity index (χ3v) is 3.73. The van der Waals surface area contributed by atoms with Crippen molar-refractivity contribution in [2.24, 2.45) is 5.73 Å². The molecule has 2 rings (SSSR count). The number of aliphatic hydroxyl groups is 1. The quantitative estimate of drug-likeness (QED) is 0.833. The van der Waals surface area contributed by atoms with Crippen LogP contribution in [0.2, 0.25) is 0 Å². The molecule has 4 nitrogen and oxygen atoms in total. The number of hydrogen-bond donors (Lipinski definition) is 2. The van der Waals surface area contributed by atoms with Crippen LogP contribution in [0, 0.1) is 0 Å². The minimum atomic E-state index is 0.176. The maximum Gasteiger partial charge on any atom is 0.0772 e. The lowest BCUT2D eigenvalue weighted by Gasteiger charge is -2.36. The molecule has 18 heavy (non-hydrogen) atoms. The molecule has 1 heterocycles. The summed E-state index contributed by atoms with van der Waals surface area (Å²) in [5, 5.41) is 9.30. The zero-order chi connectivity index (χ0) is 12.8. The second-order valence-corrected chi connectivity index (χ2v) is 4.88. The summed E-state index contributed by atoms with van der Waals surface area (Å²) < 4.78 is 0. The van der Waals surface area contributed by atoms with Crippen LogP contribution >= 0.6 is 0 Å². The molecule has 1 aromatic heterocycles. The van der Waals surface area contributed by atoms with Gasteiger partial charge >= 0.3 is 0 Å². The number of rotatable bonds is 5. The van der Waals surface area contributed by atoms with Crippen LogP contribution in [0.4, 0.5) is 5.69 Å². The highest BCUT2D eigenvalue weighted by Gasteiger charge is 2.22. The normalized spacial score (nSPS) is 16.8. The van der Waals surface area contributed by atoms with Gasteiger partial charge in [0.15, 0.2) is 0 Å². The van der Waals surface area contributed by atoms with Crippen LogP contribution in [0.25, 0.3) is 0 Å². The van der Waals surface area contributed by atoms with Crippen LogP contribution in [0.3, 0.4) is 0 Å². The summed E-state index contributed by atoms with van der Waals surface area (Å²) in [4.78, 5) is 6.65. The summed E-state index contributed by atoms with van der Waals surface area (Å²) in [6, 6.07) is 4.54. The van der Waals surface area contributed by atoms with Crippen molar-refractivity contribution < 1.29 is 5.11 Å². The maximum absolute atomic E-state index is 9.30. The highest BCUT2D eigenvalue weighted by molar-refractivity contribution is 5.51. The molecule has 0 unspecified atom stereocenters. The van der Waals surface area contributed by atoms with E-state index >= 15 is 0 Å². The van der Waals surface area contributed by atoms with E-state index in [1.807, 2.05) is 6.07 Å². The Balaban J connectivity index is 2.22. The number of nitrogens with two attached hydrogens (primary N) is 1. The highest BCUT2D eigenvalue weighted by atomic mass is 16.3. The minimum absolute atomic E-state index is 0.176. The first kappa shape index (κ1) is 13.3. The first-order valence-electron chi connectivity index (χ1n) is 6.88. The Hall–Kier alpha value is -1.13. The topological polar surface area (TPSA) is 62.4 Å². The molecule has 4 heteroatoms. The van der Waals surface area contributed by atoms with Gasteiger partial charge in [-0.25, -0.2) is 0 Å². The first-order chi connectivity index (χ1) is 8.86. The molecular weight excluding hydrogens is 226 g/mol. The monoisotopic (exact) mass is 249 g/mol. The zero-order valence-electron chi connectivity index (χ0n) is 10.9. The molecule has 0 amide bonds. The molecule has 1 aliphatic rings. The van der Waals surface area contributed by atoms with Crippen LogP contribution in [0.5, 0.6) is 0 Å². The van der Waals surface area contributed by atoms with Gasteiger partial charge in [0.2, 0.25) is 0 Å². The fourth-order valence-electron chi connectivity index (χ4n) is 2.85. The summed E-state index contributed by atoms with van der Waals surface area (Å²) in [6.45, 7) is 1.30. The standard InChI is InChI=1S/C14H23N3O/c15-11-13-14(7-4-8-16-13)17(9-10-18)12-5-2-1-3-6-12/h4,7-8,12,18H,1-3,5-6,9-11,15H2. The molecule has 0 spiro atoms. The van der Waals surface area contributed by atoms with Crippen LogP contribution in [-0.2, 0) is 6.54 Å². The largest absolute Gasteiger partial charge is 0.395 e. The van der Waals surface area contributed by atoms with Crippen LogP contribution in [0.1, 0.15) is 37.8 Å². The Morgan fingerprint density at radius 2 is 2.11 bits per heavy atom. The van der Waals surface area contributed by atoms with Gasteiger partial charge < -0.3 is 15.7 Å². The molecular formula is C14H23N3O. The minimum Gasteiger partial charge on any atom is -0.395 e. The molecule has 0 radical (unpaired) electrons. The van der Waals surface area contributed by atoms with Crippen molar-refractivity contribution in [3.8, 4) is 0 Å². The van der Waals surface area contributed by atoms with Crippen molar-refractivity contribution in [3.63, 3.8) is 0 Å². The third-order valence-electron chi connectivity index (χ3n) is 3.73. The molecule has 0 bridgehead atoms. The number of nitrogens with zero attached hydrogens (tertiary/aromatic N) is 2. The van der Waals surface area contributed by atoms with Gasteiger partial charge in [-0.15, -0.1) is 0 Å². The lowest BCUT2D eigenvalue weighted by molar-refractivity contribution is 0.290. The van der Waals surface area contributed by atoms with Crippen molar-refractivity contribution in [3.05, 3.63) is 24.0 Å². The van der Waals surface area contributed by atoms with Crippen LogP contribution < -0.4 is 10.6 Å². The van der Waals surface area contributed by atoms with E-state index in [4.69, 9.17) is 5.73 Å². The fraction of sp³-hybridized carbons (Fsp3) is 0.643. The Morgan fingerprint density at radius 3 is 2.78 bits per heavy atom. The SMILES string of the molecule is NCc1ncccc1N(CCO)C1CCCCC1. The molecule has 0 atom stereocenters. The Labute approximate surface area is 109 Å². The maximum atomic E-state index is 9.30. The van der Waals surface area contributed by atoms with E-state index in [1.165, 1.54) is 32.1 Å². The van der Waals surface area contributed by atoms with Gasteiger partial charge in [0.1, 0.15) is 0 Å². The van der Waals surface area contributed by atoms with Gasteiger partial charge in [-0.3, -0.25) is 4.98 Å². The van der Waals surface area contributed by atoms with E-state index < -0.39 is 0 Å². The number of aliphatic hydroxyl groups excluding tert-OH is 1. The fourth-order valence-corrected chi connectivity index (χ4v) is 2.85. The summed E-state index contributed by atoms with van der Waals surface area (Å²) in [6.07, 6.45) is 8.09. The van der Waals surface area contributed by atoms with Gasteiger partial charge in [0.05, 0.1) is 18.0 Å². The van der Waals surface area contributed by atoms with E-state index in [-0.39, 0.29) is 6.61 Å². The molecule has 1 aromatic rings. The second-order valence-electron chi connectivity index (χ2n) is 4.88. The summed E-state index contributed by atoms with van der Waals surface area (Å²) in [5.41, 5.74) is 7.79. The van der Waals surface area contributed by atoms with Crippen LogP contribution in [-0.4, -0.2) is 29.3 Å². The summed E-state index contributed by atoms with van der Waals surface area (Å²) in [7, 11) is 0. The Morgan fingerprint density at radius 1 is 1.33 bits per heavy atom. The van der Waals surface area contributed by atoms with Crippen LogP contribution in [0.15, 0.2) is 18.3 Å². The molecule has 0 saturated heterocycles. The van der Waals surface area contributed by atoms with Crippen molar-refractivity contribution >= 4 is 5.69 Å². The average molecular weight is 249 g/mol. The average Bonchev–Trinajstić information content (AvgIpc) is 2.46. The van der Waals surface area contributed by atoms with Crippen molar-refractivity contribution in [1.29, 1.82) is 0 Å². The molecule has 3 N–H and O–H groups in total. The lowest BCUT2D eigenvalue weighted by atomic mass is 9.93. The third kappa shape index (κ3) is 3.00. The Bertz CT molecular complexity index is 364.